The summed E-state index contributed by atoms with van der Waals surface area (Å²) in [5, 5.41) is 6.59. The van der Waals surface area contributed by atoms with Crippen molar-refractivity contribution in [1.82, 2.24) is 4.90 Å². The maximum atomic E-state index is 13.4. The lowest BCUT2D eigenvalue weighted by Gasteiger charge is -2.32. The number of nitrogens with two attached hydrogens (primary N) is 1. The molecule has 1 unspecified atom stereocenters. The number of halogens is 1. The van der Waals surface area contributed by atoms with Gasteiger partial charge < -0.3 is 25.4 Å². The van der Waals surface area contributed by atoms with Crippen molar-refractivity contribution >= 4 is 46.3 Å². The predicted octanol–water partition coefficient (Wildman–Crippen LogP) is 3.40. The Hall–Kier alpha value is -3.18. The van der Waals surface area contributed by atoms with E-state index in [0.29, 0.717) is 17.7 Å². The fraction of sp³-hybridized carbons (Fsp3) is 0.542. The van der Waals surface area contributed by atoms with Crippen LogP contribution in [0.25, 0.3) is 0 Å². The Labute approximate surface area is 215 Å². The number of carbonyl (C=O) groups is 4. The Morgan fingerprint density at radius 3 is 2.44 bits per heavy atom. The summed E-state index contributed by atoms with van der Waals surface area (Å²) in [6.07, 6.45) is -1.19. The van der Waals surface area contributed by atoms with Crippen molar-refractivity contribution in [2.75, 3.05) is 18.5 Å². The molecule has 11 nitrogen and oxygen atoms in total. The van der Waals surface area contributed by atoms with Gasteiger partial charge in [0.1, 0.15) is 22.9 Å². The molecular weight excluding hydrogens is 492 g/mol. The Balaban J connectivity index is 2.33. The molecule has 2 rings (SSSR count). The fourth-order valence-electron chi connectivity index (χ4n) is 3.32. The second-order valence-corrected chi connectivity index (χ2v) is 9.51. The molecule has 1 heterocycles. The first-order valence-electron chi connectivity index (χ1n) is 11.7. The first-order valence-corrected chi connectivity index (χ1v) is 12.0. The molecule has 3 N–H and O–H groups in total. The predicted molar refractivity (Wildman–Crippen MR) is 134 cm³/mol. The van der Waals surface area contributed by atoms with E-state index in [2.05, 4.69) is 10.5 Å². The molecule has 1 aromatic carbocycles. The number of amides is 3. The summed E-state index contributed by atoms with van der Waals surface area (Å²) in [7, 11) is 0. The van der Waals surface area contributed by atoms with Gasteiger partial charge in [-0.25, -0.2) is 14.5 Å². The zero-order valence-electron chi connectivity index (χ0n) is 20.9. The van der Waals surface area contributed by atoms with E-state index in [1.54, 1.807) is 27.7 Å². The highest BCUT2D eigenvalue weighted by Crippen LogP contribution is 2.24. The van der Waals surface area contributed by atoms with Crippen LogP contribution in [0.2, 0.25) is 0 Å². The van der Waals surface area contributed by atoms with Gasteiger partial charge in [0.2, 0.25) is 11.8 Å². The first kappa shape index (κ1) is 29.1. The number of oxime groups is 1. The molecule has 0 bridgehead atoms. The van der Waals surface area contributed by atoms with Crippen molar-refractivity contribution in [2.24, 2.45) is 10.9 Å². The van der Waals surface area contributed by atoms with Gasteiger partial charge in [0.25, 0.3) is 0 Å². The van der Waals surface area contributed by atoms with E-state index in [0.717, 1.165) is 4.90 Å². The highest BCUT2D eigenvalue weighted by atomic mass is 35.5. The molecule has 198 valence electrons. The Morgan fingerprint density at radius 2 is 1.92 bits per heavy atom. The average molecular weight is 525 g/mol. The molecular formula is C24H33ClN4O7. The highest BCUT2D eigenvalue weighted by Gasteiger charge is 2.40. The number of rotatable bonds is 10. The van der Waals surface area contributed by atoms with Gasteiger partial charge in [-0.1, -0.05) is 16.8 Å². The van der Waals surface area contributed by atoms with Crippen LogP contribution in [0.5, 0.6) is 0 Å². The Kier molecular flexibility index (Phi) is 10.7. The number of carbonyl (C=O) groups excluding carboxylic acids is 4. The molecule has 0 aromatic heterocycles. The Morgan fingerprint density at radius 1 is 1.25 bits per heavy atom. The van der Waals surface area contributed by atoms with Gasteiger partial charge >= 0.3 is 12.1 Å². The molecule has 36 heavy (non-hydrogen) atoms. The zero-order valence-corrected chi connectivity index (χ0v) is 21.7. The molecule has 0 radical (unpaired) electrons. The van der Waals surface area contributed by atoms with Gasteiger partial charge in [0.05, 0.1) is 12.2 Å². The van der Waals surface area contributed by atoms with Gasteiger partial charge in [0, 0.05) is 24.9 Å². The lowest BCUT2D eigenvalue weighted by molar-refractivity contribution is -0.139. The third kappa shape index (κ3) is 8.80. The van der Waals surface area contributed by atoms with Crippen LogP contribution in [-0.4, -0.2) is 64.8 Å². The molecule has 0 saturated heterocycles. The number of nitrogens with one attached hydrogen (secondary N) is 1. The smallest absolute Gasteiger partial charge is 0.417 e. The minimum absolute atomic E-state index is 0.0590. The second kappa shape index (κ2) is 13.2. The summed E-state index contributed by atoms with van der Waals surface area (Å²) in [6.45, 7) is 7.12. The van der Waals surface area contributed by atoms with Crippen LogP contribution in [-0.2, 0) is 23.9 Å². The van der Waals surface area contributed by atoms with Gasteiger partial charge in [-0.2, -0.15) is 0 Å². The van der Waals surface area contributed by atoms with Gasteiger partial charge in [-0.3, -0.25) is 9.59 Å². The molecule has 1 aromatic rings. The van der Waals surface area contributed by atoms with Crippen LogP contribution in [0.1, 0.15) is 63.7 Å². The monoisotopic (exact) mass is 524 g/mol. The van der Waals surface area contributed by atoms with Gasteiger partial charge in [-0.15, -0.1) is 0 Å². The van der Waals surface area contributed by atoms with E-state index < -0.39 is 41.6 Å². The normalized spacial score (nSPS) is 15.8. The minimum Gasteiger partial charge on any atom is -0.462 e. The third-order valence-electron chi connectivity index (χ3n) is 4.91. The SMILES string of the molecule is CCOC(=O)c1ccc(NC(=O)[C@@H](CC2CC(Cl)=NO2)N(C(=O)CCCN)C(=O)OC(C)(C)C)cc1. The van der Waals surface area contributed by atoms with Crippen LogP contribution in [0, 0.1) is 0 Å². The number of imide groups is 1. The van der Waals surface area contributed by atoms with Crippen LogP contribution in [0.4, 0.5) is 10.5 Å². The lowest BCUT2D eigenvalue weighted by Crippen LogP contribution is -2.53. The van der Waals surface area contributed by atoms with Crippen LogP contribution in [0.15, 0.2) is 29.4 Å². The van der Waals surface area contributed by atoms with E-state index >= 15 is 0 Å². The average Bonchev–Trinajstić information content (AvgIpc) is 3.21. The topological polar surface area (TPSA) is 150 Å². The minimum atomic E-state index is -1.29. The van der Waals surface area contributed by atoms with Crippen molar-refractivity contribution in [3.63, 3.8) is 0 Å². The zero-order chi connectivity index (χ0) is 26.9. The quantitative estimate of drug-likeness (QED) is 0.442. The van der Waals surface area contributed by atoms with E-state index in [9.17, 15) is 19.2 Å². The molecule has 2 atom stereocenters. The number of nitrogens with zero attached hydrogens (tertiary/aromatic N) is 2. The van der Waals surface area contributed by atoms with Gasteiger partial charge in [0.15, 0.2) is 0 Å². The van der Waals surface area contributed by atoms with Crippen LogP contribution >= 0.6 is 11.6 Å². The summed E-state index contributed by atoms with van der Waals surface area (Å²) in [6, 6.07) is 4.73. The number of anilines is 1. The van der Waals surface area contributed by atoms with Crippen LogP contribution < -0.4 is 11.1 Å². The standard InChI is InChI=1S/C24H33ClN4O7/c1-5-34-22(32)15-8-10-16(11-9-15)27-21(31)18(13-17-14-19(25)28-36-17)29(20(30)7-6-12-26)23(33)35-24(2,3)4/h8-11,17-18H,5-7,12-14,26H2,1-4H3,(H,27,31)/t17?,18-/m1/s1. The van der Waals surface area contributed by atoms with E-state index in [4.69, 9.17) is 31.6 Å². The highest BCUT2D eigenvalue weighted by molar-refractivity contribution is 6.65. The number of hydrogen-bond donors (Lipinski definition) is 2. The fourth-order valence-corrected chi connectivity index (χ4v) is 3.53. The number of esters is 1. The first-order chi connectivity index (χ1) is 16.9. The molecule has 0 saturated carbocycles. The maximum absolute atomic E-state index is 13.4. The van der Waals surface area contributed by atoms with E-state index in [1.807, 2.05) is 0 Å². The van der Waals surface area contributed by atoms with Crippen molar-refractivity contribution in [1.29, 1.82) is 0 Å². The van der Waals surface area contributed by atoms with Crippen molar-refractivity contribution in [3.8, 4) is 0 Å². The molecule has 0 fully saturated rings. The summed E-state index contributed by atoms with van der Waals surface area (Å²) in [5.41, 5.74) is 5.29. The van der Waals surface area contributed by atoms with Crippen molar-refractivity contribution < 1.29 is 33.5 Å². The number of hydrogen-bond acceptors (Lipinski definition) is 9. The molecule has 3 amide bonds. The second-order valence-electron chi connectivity index (χ2n) is 9.07. The number of benzene rings is 1. The van der Waals surface area contributed by atoms with Crippen LogP contribution in [0.3, 0.4) is 0 Å². The largest absolute Gasteiger partial charge is 0.462 e. The lowest BCUT2D eigenvalue weighted by atomic mass is 10.0. The molecule has 1 aliphatic rings. The maximum Gasteiger partial charge on any atom is 0.417 e. The third-order valence-corrected chi connectivity index (χ3v) is 5.14. The molecule has 1 aliphatic heterocycles. The summed E-state index contributed by atoms with van der Waals surface area (Å²) < 4.78 is 10.4. The number of ether oxygens (including phenoxy) is 2. The van der Waals surface area contributed by atoms with E-state index in [-0.39, 0.29) is 37.6 Å². The van der Waals surface area contributed by atoms with E-state index in [1.165, 1.54) is 24.3 Å². The van der Waals surface area contributed by atoms with Gasteiger partial charge in [-0.05, 0) is 64.9 Å². The Bertz CT molecular complexity index is 976. The molecule has 12 heteroatoms. The summed E-state index contributed by atoms with van der Waals surface area (Å²) in [5.74, 6) is -1.76. The molecule has 0 aliphatic carbocycles. The summed E-state index contributed by atoms with van der Waals surface area (Å²) in [4.78, 5) is 57.6. The molecule has 0 spiro atoms. The summed E-state index contributed by atoms with van der Waals surface area (Å²) >= 11 is 5.92. The van der Waals surface area contributed by atoms with Crippen molar-refractivity contribution in [3.05, 3.63) is 29.8 Å². The van der Waals surface area contributed by atoms with Crippen molar-refractivity contribution in [2.45, 2.75) is 71.1 Å².